The molecule has 0 bridgehead atoms. The number of hydrogen-bond donors (Lipinski definition) is 1. The molecular formula is C16H19NO6. The summed E-state index contributed by atoms with van der Waals surface area (Å²) in [5.74, 6) is -1.06. The molecule has 1 N–H and O–H groups in total. The minimum Gasteiger partial charge on any atom is -0.480 e. The number of hydrogen-bond acceptors (Lipinski definition) is 5. The fourth-order valence-corrected chi connectivity index (χ4v) is 3.07. The van der Waals surface area contributed by atoms with Gasteiger partial charge < -0.3 is 9.84 Å². The zero-order valence-corrected chi connectivity index (χ0v) is 12.6. The van der Waals surface area contributed by atoms with Gasteiger partial charge in [0.1, 0.15) is 18.2 Å². The second kappa shape index (κ2) is 6.55. The molecule has 7 nitrogen and oxygen atoms in total. The molecule has 1 spiro atoms. The Morgan fingerprint density at radius 3 is 2.78 bits per heavy atom. The van der Waals surface area contributed by atoms with E-state index < -0.39 is 23.7 Å². The lowest BCUT2D eigenvalue weighted by molar-refractivity contribution is -0.379. The highest BCUT2D eigenvalue weighted by atomic mass is 17.2. The van der Waals surface area contributed by atoms with Crippen LogP contribution in [0.2, 0.25) is 0 Å². The molecule has 2 fully saturated rings. The smallest absolute Gasteiger partial charge is 0.410 e. The van der Waals surface area contributed by atoms with E-state index in [0.717, 1.165) is 12.0 Å². The molecule has 0 aromatic heterocycles. The van der Waals surface area contributed by atoms with Crippen LogP contribution in [0, 0.1) is 0 Å². The van der Waals surface area contributed by atoms with E-state index in [1.165, 1.54) is 4.90 Å². The van der Waals surface area contributed by atoms with Crippen LogP contribution in [0.15, 0.2) is 30.3 Å². The van der Waals surface area contributed by atoms with Crippen LogP contribution in [0.1, 0.15) is 24.8 Å². The third-order valence-electron chi connectivity index (χ3n) is 4.22. The number of carboxylic acid groups (broad SMARTS) is 1. The van der Waals surface area contributed by atoms with Crippen LogP contribution >= 0.6 is 0 Å². The van der Waals surface area contributed by atoms with Crippen LogP contribution in [-0.4, -0.2) is 46.9 Å². The normalized spacial score (nSPS) is 27.1. The Hall–Kier alpha value is -2.12. The topological polar surface area (TPSA) is 85.3 Å². The molecule has 2 saturated heterocycles. The van der Waals surface area contributed by atoms with Crippen LogP contribution in [0.5, 0.6) is 0 Å². The van der Waals surface area contributed by atoms with Crippen molar-refractivity contribution in [2.75, 3.05) is 13.2 Å². The lowest BCUT2D eigenvalue weighted by Gasteiger charge is -2.31. The summed E-state index contributed by atoms with van der Waals surface area (Å²) in [6, 6.07) is 8.29. The molecule has 2 aliphatic heterocycles. The number of nitrogens with zero attached hydrogens (tertiary/aromatic N) is 1. The molecule has 1 aromatic carbocycles. The Kier molecular flexibility index (Phi) is 4.49. The van der Waals surface area contributed by atoms with E-state index in [4.69, 9.17) is 14.5 Å². The summed E-state index contributed by atoms with van der Waals surface area (Å²) in [6.45, 7) is 0.752. The van der Waals surface area contributed by atoms with Gasteiger partial charge in [-0.05, 0) is 18.4 Å². The second-order valence-electron chi connectivity index (χ2n) is 5.92. The number of carboxylic acids is 1. The summed E-state index contributed by atoms with van der Waals surface area (Å²) >= 11 is 0. The van der Waals surface area contributed by atoms with Gasteiger partial charge in [0.15, 0.2) is 0 Å². The van der Waals surface area contributed by atoms with Gasteiger partial charge in [0, 0.05) is 6.42 Å². The van der Waals surface area contributed by atoms with Gasteiger partial charge >= 0.3 is 12.1 Å². The molecule has 0 radical (unpaired) electrons. The van der Waals surface area contributed by atoms with Gasteiger partial charge in [-0.25, -0.2) is 19.4 Å². The van der Waals surface area contributed by atoms with E-state index >= 15 is 0 Å². The molecule has 2 atom stereocenters. The zero-order valence-electron chi connectivity index (χ0n) is 12.6. The molecule has 1 aromatic rings. The van der Waals surface area contributed by atoms with Crippen LogP contribution in [0.25, 0.3) is 0 Å². The van der Waals surface area contributed by atoms with Crippen LogP contribution in [-0.2, 0) is 25.9 Å². The maximum atomic E-state index is 12.3. The van der Waals surface area contributed by atoms with Gasteiger partial charge in [-0.3, -0.25) is 4.90 Å². The second-order valence-corrected chi connectivity index (χ2v) is 5.92. The Morgan fingerprint density at radius 2 is 2.13 bits per heavy atom. The maximum Gasteiger partial charge on any atom is 0.410 e. The molecular weight excluding hydrogens is 302 g/mol. The van der Waals surface area contributed by atoms with Gasteiger partial charge in [0.25, 0.3) is 0 Å². The molecule has 23 heavy (non-hydrogen) atoms. The number of benzene rings is 1. The first-order valence-electron chi connectivity index (χ1n) is 7.60. The molecule has 2 heterocycles. The van der Waals surface area contributed by atoms with E-state index in [2.05, 4.69) is 0 Å². The quantitative estimate of drug-likeness (QED) is 0.857. The lowest BCUT2D eigenvalue weighted by Crippen LogP contribution is -2.42. The van der Waals surface area contributed by atoms with Crippen molar-refractivity contribution in [1.82, 2.24) is 4.90 Å². The van der Waals surface area contributed by atoms with E-state index in [1.54, 1.807) is 0 Å². The number of carbonyl (C=O) groups excluding carboxylic acids is 1. The molecule has 2 aliphatic rings. The van der Waals surface area contributed by atoms with Crippen molar-refractivity contribution in [3.8, 4) is 0 Å². The monoisotopic (exact) mass is 321 g/mol. The Labute approximate surface area is 133 Å². The molecule has 0 aliphatic carbocycles. The van der Waals surface area contributed by atoms with Crippen molar-refractivity contribution in [3.63, 3.8) is 0 Å². The molecule has 1 amide bonds. The third-order valence-corrected chi connectivity index (χ3v) is 4.22. The minimum absolute atomic E-state index is 0.104. The van der Waals surface area contributed by atoms with E-state index in [-0.39, 0.29) is 19.6 Å². The van der Waals surface area contributed by atoms with Crippen LogP contribution in [0.3, 0.4) is 0 Å². The number of carbonyl (C=O) groups is 2. The molecule has 7 heteroatoms. The van der Waals surface area contributed by atoms with Gasteiger partial charge in [-0.15, -0.1) is 0 Å². The van der Waals surface area contributed by atoms with Crippen molar-refractivity contribution >= 4 is 12.1 Å². The van der Waals surface area contributed by atoms with E-state index in [0.29, 0.717) is 13.0 Å². The zero-order chi connectivity index (χ0) is 16.3. The van der Waals surface area contributed by atoms with Crippen molar-refractivity contribution < 1.29 is 29.2 Å². The van der Waals surface area contributed by atoms with E-state index in [1.807, 2.05) is 30.3 Å². The summed E-state index contributed by atoms with van der Waals surface area (Å²) in [7, 11) is 0. The maximum absolute atomic E-state index is 12.3. The highest BCUT2D eigenvalue weighted by Gasteiger charge is 2.52. The number of amides is 1. The molecule has 124 valence electrons. The summed E-state index contributed by atoms with van der Waals surface area (Å²) in [4.78, 5) is 35.4. The Balaban J connectivity index is 1.66. The van der Waals surface area contributed by atoms with Crippen molar-refractivity contribution in [1.29, 1.82) is 0 Å². The van der Waals surface area contributed by atoms with Gasteiger partial charge in [0.05, 0.1) is 13.2 Å². The summed E-state index contributed by atoms with van der Waals surface area (Å²) in [5, 5.41) is 9.39. The van der Waals surface area contributed by atoms with Gasteiger partial charge in [0.2, 0.25) is 0 Å². The SMILES string of the molecule is O=C(O)[C@@H]1CC2(CCCOO2)CN1C(=O)OCc1ccccc1. The standard InChI is InChI=1S/C16H19NO6/c18-14(19)13-9-16(7-4-8-22-23-16)11-17(13)15(20)21-10-12-5-2-1-3-6-12/h1-3,5-6,13H,4,7-11H2,(H,18,19)/t13-,16?/m0/s1. The predicted molar refractivity (Wildman–Crippen MR) is 78.4 cm³/mol. The van der Waals surface area contributed by atoms with Crippen molar-refractivity contribution in [2.24, 2.45) is 0 Å². The summed E-state index contributed by atoms with van der Waals surface area (Å²) in [6.07, 6.45) is 1.01. The average Bonchev–Trinajstić information content (AvgIpc) is 2.94. The van der Waals surface area contributed by atoms with Crippen molar-refractivity contribution in [3.05, 3.63) is 35.9 Å². The number of likely N-dealkylation sites (tertiary alicyclic amines) is 1. The van der Waals surface area contributed by atoms with Crippen molar-refractivity contribution in [2.45, 2.75) is 37.5 Å². The van der Waals surface area contributed by atoms with Gasteiger partial charge in [-0.2, -0.15) is 0 Å². The Bertz CT molecular complexity index is 569. The van der Waals surface area contributed by atoms with E-state index in [9.17, 15) is 14.7 Å². The molecule has 3 rings (SSSR count). The largest absolute Gasteiger partial charge is 0.480 e. The Morgan fingerprint density at radius 1 is 1.35 bits per heavy atom. The first kappa shape index (κ1) is 15.8. The highest BCUT2D eigenvalue weighted by Crippen LogP contribution is 2.37. The number of aliphatic carboxylic acids is 1. The minimum atomic E-state index is -1.06. The molecule has 1 unspecified atom stereocenters. The van der Waals surface area contributed by atoms with Crippen LogP contribution < -0.4 is 0 Å². The van der Waals surface area contributed by atoms with Crippen LogP contribution in [0.4, 0.5) is 4.79 Å². The highest BCUT2D eigenvalue weighted by molar-refractivity contribution is 5.81. The van der Waals surface area contributed by atoms with Gasteiger partial charge in [-0.1, -0.05) is 30.3 Å². The first-order chi connectivity index (χ1) is 11.1. The number of ether oxygens (including phenoxy) is 1. The molecule has 0 saturated carbocycles. The fraction of sp³-hybridized carbons (Fsp3) is 0.500. The predicted octanol–water partition coefficient (Wildman–Crippen LogP) is 1.96. The third kappa shape index (κ3) is 3.46. The summed E-state index contributed by atoms with van der Waals surface area (Å²) < 4.78 is 5.25. The first-order valence-corrected chi connectivity index (χ1v) is 7.60. The number of rotatable bonds is 3. The fourth-order valence-electron chi connectivity index (χ4n) is 3.07. The summed E-state index contributed by atoms with van der Waals surface area (Å²) in [5.41, 5.74) is 0.103. The lowest BCUT2D eigenvalue weighted by atomic mass is 9.94. The average molecular weight is 321 g/mol.